The number of aliphatic imine (C=N–C) groups is 3. The number of amidine groups is 1. The fraction of sp³-hybridized carbons (Fsp3) is 0.281. The molecule has 0 saturated carbocycles. The number of aliphatic hydroxyl groups excluding tert-OH is 1. The first-order valence-electron chi connectivity index (χ1n) is 13.7. The third-order valence-electron chi connectivity index (χ3n) is 7.08. The highest BCUT2D eigenvalue weighted by Gasteiger charge is 2.34. The molecule has 11 heteroatoms. The van der Waals surface area contributed by atoms with E-state index in [0.717, 1.165) is 17.7 Å². The maximum Gasteiger partial charge on any atom is 0.417 e. The maximum atomic E-state index is 14.3. The van der Waals surface area contributed by atoms with Crippen LogP contribution in [0.4, 0.5) is 22.0 Å². The van der Waals surface area contributed by atoms with Gasteiger partial charge in [-0.1, -0.05) is 30.3 Å². The predicted molar refractivity (Wildman–Crippen MR) is 154 cm³/mol. The van der Waals surface area contributed by atoms with Crippen LogP contribution in [0.3, 0.4) is 0 Å². The number of hydrogen-bond donors (Lipinski definition) is 1. The summed E-state index contributed by atoms with van der Waals surface area (Å²) in [5.41, 5.74) is 1.13. The van der Waals surface area contributed by atoms with Gasteiger partial charge in [0.05, 0.1) is 36.6 Å². The molecule has 2 heterocycles. The largest absolute Gasteiger partial charge is 0.497 e. The van der Waals surface area contributed by atoms with E-state index in [0.29, 0.717) is 48.4 Å². The molecule has 6 nitrogen and oxygen atoms in total. The number of allylic oxidation sites excluding steroid dienone is 2. The zero-order chi connectivity index (χ0) is 30.6. The van der Waals surface area contributed by atoms with E-state index in [-0.39, 0.29) is 42.0 Å². The Balaban J connectivity index is 1.41. The van der Waals surface area contributed by atoms with E-state index in [1.54, 1.807) is 24.4 Å². The Bertz CT molecular complexity index is 1630. The van der Waals surface area contributed by atoms with Crippen LogP contribution in [0, 0.1) is 11.6 Å². The zero-order valence-corrected chi connectivity index (χ0v) is 23.2. The van der Waals surface area contributed by atoms with E-state index < -0.39 is 23.4 Å². The number of ether oxygens (including phenoxy) is 2. The Labute approximate surface area is 244 Å². The summed E-state index contributed by atoms with van der Waals surface area (Å²) in [5, 5.41) is 9.23. The summed E-state index contributed by atoms with van der Waals surface area (Å²) in [5.74, 6) is -1.46. The smallest absolute Gasteiger partial charge is 0.417 e. The Hall–Kier alpha value is -4.38. The van der Waals surface area contributed by atoms with Crippen molar-refractivity contribution in [3.05, 3.63) is 94.7 Å². The Kier molecular flexibility index (Phi) is 9.00. The lowest BCUT2D eigenvalue weighted by molar-refractivity contribution is -0.137. The van der Waals surface area contributed by atoms with Crippen molar-refractivity contribution in [2.24, 2.45) is 15.0 Å². The molecule has 0 amide bonds. The molecule has 1 atom stereocenters. The topological polar surface area (TPSA) is 75.8 Å². The lowest BCUT2D eigenvalue weighted by atomic mass is 9.94. The van der Waals surface area contributed by atoms with E-state index in [1.165, 1.54) is 31.4 Å². The Morgan fingerprint density at radius 2 is 1.84 bits per heavy atom. The molecular weight excluding hydrogens is 569 g/mol. The van der Waals surface area contributed by atoms with Crippen molar-refractivity contribution in [1.29, 1.82) is 0 Å². The minimum absolute atomic E-state index is 0.0155. The van der Waals surface area contributed by atoms with Crippen molar-refractivity contribution in [2.75, 3.05) is 20.3 Å². The molecule has 3 aromatic carbocycles. The van der Waals surface area contributed by atoms with Crippen LogP contribution in [-0.2, 0) is 12.6 Å². The molecule has 2 aliphatic heterocycles. The lowest BCUT2D eigenvalue weighted by Gasteiger charge is -2.19. The third-order valence-corrected chi connectivity index (χ3v) is 7.08. The molecule has 43 heavy (non-hydrogen) atoms. The highest BCUT2D eigenvalue weighted by molar-refractivity contribution is 6.43. The van der Waals surface area contributed by atoms with Crippen molar-refractivity contribution >= 4 is 17.8 Å². The van der Waals surface area contributed by atoms with Gasteiger partial charge in [-0.2, -0.15) is 13.2 Å². The second-order valence-electron chi connectivity index (χ2n) is 9.99. The first kappa shape index (κ1) is 30.1. The van der Waals surface area contributed by atoms with Crippen LogP contribution < -0.4 is 9.47 Å². The molecule has 5 rings (SSSR count). The lowest BCUT2D eigenvalue weighted by Crippen LogP contribution is -2.15. The SMILES string of the molecule is COc1ccc(-c2ccc(CC3CCC=C4N=C(c5cccc(F)c5F)N=C4C=N3)c(OCCCO)c2)c(C(F)(F)F)c1. The van der Waals surface area contributed by atoms with Crippen molar-refractivity contribution in [1.82, 2.24) is 0 Å². The summed E-state index contributed by atoms with van der Waals surface area (Å²) in [6, 6.07) is 12.3. The van der Waals surface area contributed by atoms with Gasteiger partial charge in [0.1, 0.15) is 17.2 Å². The molecule has 0 aliphatic carbocycles. The van der Waals surface area contributed by atoms with Gasteiger partial charge >= 0.3 is 6.18 Å². The first-order valence-corrected chi connectivity index (χ1v) is 13.7. The molecule has 1 N–H and O–H groups in total. The van der Waals surface area contributed by atoms with Gasteiger partial charge in [0.2, 0.25) is 0 Å². The molecule has 224 valence electrons. The molecule has 0 fully saturated rings. The highest BCUT2D eigenvalue weighted by Crippen LogP contribution is 2.40. The van der Waals surface area contributed by atoms with E-state index in [4.69, 9.17) is 9.47 Å². The summed E-state index contributed by atoms with van der Waals surface area (Å²) in [6.07, 6.45) is 0.793. The van der Waals surface area contributed by atoms with Gasteiger partial charge in [0, 0.05) is 19.2 Å². The van der Waals surface area contributed by atoms with Crippen LogP contribution in [-0.4, -0.2) is 49.2 Å². The van der Waals surface area contributed by atoms with Crippen LogP contribution in [0.15, 0.2) is 81.3 Å². The number of aliphatic hydroxyl groups is 1. The van der Waals surface area contributed by atoms with E-state index in [1.807, 2.05) is 6.08 Å². The number of hydrogen-bond acceptors (Lipinski definition) is 6. The maximum absolute atomic E-state index is 14.3. The second-order valence-corrected chi connectivity index (χ2v) is 9.99. The van der Waals surface area contributed by atoms with E-state index in [9.17, 15) is 27.1 Å². The van der Waals surface area contributed by atoms with Crippen molar-refractivity contribution < 1.29 is 36.5 Å². The van der Waals surface area contributed by atoms with E-state index >= 15 is 0 Å². The number of alkyl halides is 3. The summed E-state index contributed by atoms with van der Waals surface area (Å²) < 4.78 is 80.8. The summed E-state index contributed by atoms with van der Waals surface area (Å²) in [7, 11) is 1.31. The van der Waals surface area contributed by atoms with Crippen LogP contribution >= 0.6 is 0 Å². The Morgan fingerprint density at radius 3 is 2.60 bits per heavy atom. The van der Waals surface area contributed by atoms with Crippen molar-refractivity contribution in [2.45, 2.75) is 37.9 Å². The van der Waals surface area contributed by atoms with Crippen molar-refractivity contribution in [3.63, 3.8) is 0 Å². The molecule has 0 radical (unpaired) electrons. The number of fused-ring (bicyclic) bond motifs is 1. The summed E-state index contributed by atoms with van der Waals surface area (Å²) in [6.45, 7) is 0.0777. The van der Waals surface area contributed by atoms with Crippen LogP contribution in [0.1, 0.15) is 36.0 Å². The van der Waals surface area contributed by atoms with Crippen LogP contribution in [0.2, 0.25) is 0 Å². The van der Waals surface area contributed by atoms with Gasteiger partial charge in [-0.15, -0.1) is 0 Å². The standard InChI is InChI=1S/C32H28F5N3O3/c1-42-22-11-12-23(25(17-22)32(35,36)37)19-9-10-20(29(16-19)43-14-4-13-41)15-21-5-2-8-27-28(18-38-21)40-31(39-27)24-6-3-7-26(33)30(24)34/h3,6-12,16-18,21,41H,2,4-5,13-15H2,1H3. The van der Waals surface area contributed by atoms with Gasteiger partial charge in [0.15, 0.2) is 17.5 Å². The monoisotopic (exact) mass is 597 g/mol. The molecule has 2 aliphatic rings. The second kappa shape index (κ2) is 12.9. The molecule has 3 aromatic rings. The molecule has 0 aromatic heterocycles. The number of benzene rings is 3. The Morgan fingerprint density at radius 1 is 1.00 bits per heavy atom. The van der Waals surface area contributed by atoms with Gasteiger partial charge in [-0.25, -0.2) is 18.8 Å². The minimum atomic E-state index is -4.60. The molecular formula is C32H28F5N3O3. The van der Waals surface area contributed by atoms with Crippen LogP contribution in [0.25, 0.3) is 11.1 Å². The average Bonchev–Trinajstić information content (AvgIpc) is 3.37. The third kappa shape index (κ3) is 6.83. The van der Waals surface area contributed by atoms with Gasteiger partial charge in [0.25, 0.3) is 0 Å². The summed E-state index contributed by atoms with van der Waals surface area (Å²) in [4.78, 5) is 13.4. The normalized spacial score (nSPS) is 16.5. The van der Waals surface area contributed by atoms with Gasteiger partial charge < -0.3 is 14.6 Å². The van der Waals surface area contributed by atoms with Gasteiger partial charge in [-0.3, -0.25) is 4.99 Å². The number of halogens is 5. The number of rotatable bonds is 9. The predicted octanol–water partition coefficient (Wildman–Crippen LogP) is 6.98. The first-order chi connectivity index (χ1) is 20.7. The number of nitrogens with zero attached hydrogens (tertiary/aromatic N) is 3. The number of methoxy groups -OCH3 is 1. The molecule has 1 unspecified atom stereocenters. The minimum Gasteiger partial charge on any atom is -0.497 e. The summed E-state index contributed by atoms with van der Waals surface area (Å²) >= 11 is 0. The fourth-order valence-corrected chi connectivity index (χ4v) is 4.89. The van der Waals surface area contributed by atoms with Crippen LogP contribution in [0.5, 0.6) is 11.5 Å². The molecule has 0 bridgehead atoms. The van der Waals surface area contributed by atoms with E-state index in [2.05, 4.69) is 15.0 Å². The van der Waals surface area contributed by atoms with Crippen molar-refractivity contribution in [3.8, 4) is 22.6 Å². The fourth-order valence-electron chi connectivity index (χ4n) is 4.89. The van der Waals surface area contributed by atoms with Gasteiger partial charge in [-0.05, 0) is 66.3 Å². The molecule has 0 spiro atoms. The average molecular weight is 598 g/mol. The zero-order valence-electron chi connectivity index (χ0n) is 23.2. The quantitative estimate of drug-likeness (QED) is 0.214. The molecule has 0 saturated heterocycles. The highest BCUT2D eigenvalue weighted by atomic mass is 19.4.